The van der Waals surface area contributed by atoms with Crippen molar-refractivity contribution < 1.29 is 19.0 Å². The number of fused-ring (bicyclic) bond motifs is 1. The summed E-state index contributed by atoms with van der Waals surface area (Å²) in [5, 5.41) is 0.432. The van der Waals surface area contributed by atoms with Crippen molar-refractivity contribution in [2.24, 2.45) is 0 Å². The van der Waals surface area contributed by atoms with E-state index < -0.39 is 0 Å². The van der Waals surface area contributed by atoms with Crippen molar-refractivity contribution in [3.63, 3.8) is 0 Å². The van der Waals surface area contributed by atoms with Crippen molar-refractivity contribution in [3.8, 4) is 17.2 Å². The second kappa shape index (κ2) is 6.28. The molecule has 0 N–H and O–H groups in total. The number of hydrogen-bond donors (Lipinski definition) is 0. The predicted octanol–water partition coefficient (Wildman–Crippen LogP) is 3.92. The van der Waals surface area contributed by atoms with E-state index in [4.69, 9.17) is 25.8 Å². The van der Waals surface area contributed by atoms with Gasteiger partial charge in [0.1, 0.15) is 5.75 Å². The zero-order valence-corrected chi connectivity index (χ0v) is 12.9. The van der Waals surface area contributed by atoms with Gasteiger partial charge in [-0.1, -0.05) is 23.7 Å². The van der Waals surface area contributed by atoms with Gasteiger partial charge in [0.15, 0.2) is 11.5 Å². The fourth-order valence-corrected chi connectivity index (χ4v) is 2.36. The van der Waals surface area contributed by atoms with Gasteiger partial charge in [-0.15, -0.1) is 0 Å². The molecule has 0 amide bonds. The van der Waals surface area contributed by atoms with Crippen molar-refractivity contribution in [1.29, 1.82) is 0 Å². The molecule has 114 valence electrons. The smallest absolute Gasteiger partial charge is 0.311 e. The van der Waals surface area contributed by atoms with Crippen LogP contribution in [0.4, 0.5) is 0 Å². The molecule has 4 nitrogen and oxygen atoms in total. The van der Waals surface area contributed by atoms with Crippen LogP contribution < -0.4 is 14.2 Å². The monoisotopic (exact) mass is 318 g/mol. The van der Waals surface area contributed by atoms with E-state index >= 15 is 0 Å². The minimum atomic E-state index is -0.315. The molecule has 2 aromatic carbocycles. The van der Waals surface area contributed by atoms with Crippen molar-refractivity contribution >= 4 is 17.6 Å². The number of esters is 1. The highest BCUT2D eigenvalue weighted by Gasteiger charge is 2.14. The lowest BCUT2D eigenvalue weighted by atomic mass is 10.1. The molecule has 1 heterocycles. The second-order valence-corrected chi connectivity index (χ2v) is 5.50. The summed E-state index contributed by atoms with van der Waals surface area (Å²) in [7, 11) is 0. The summed E-state index contributed by atoms with van der Waals surface area (Å²) in [6.07, 6.45) is 0.836. The molecule has 0 saturated heterocycles. The average molecular weight is 319 g/mol. The van der Waals surface area contributed by atoms with Crippen LogP contribution in [0.2, 0.25) is 5.02 Å². The first-order chi connectivity index (χ1) is 10.6. The molecule has 3 rings (SSSR count). The molecule has 2 aromatic rings. The van der Waals surface area contributed by atoms with Crippen LogP contribution in [-0.4, -0.2) is 12.8 Å². The van der Waals surface area contributed by atoms with E-state index in [0.717, 1.165) is 16.9 Å². The Hall–Kier alpha value is -2.20. The molecule has 1 aliphatic rings. The fourth-order valence-electron chi connectivity index (χ4n) is 2.21. The molecule has 0 aromatic heterocycles. The third-order valence-electron chi connectivity index (χ3n) is 3.37. The molecular formula is C17H15ClO4. The van der Waals surface area contributed by atoms with Gasteiger partial charge in [-0.3, -0.25) is 4.79 Å². The number of carbonyl (C=O) groups excluding carboxylic acids is 1. The minimum absolute atomic E-state index is 0.243. The van der Waals surface area contributed by atoms with Gasteiger partial charge >= 0.3 is 5.97 Å². The van der Waals surface area contributed by atoms with Crippen LogP contribution in [0.1, 0.15) is 17.5 Å². The molecule has 0 fully saturated rings. The molecule has 0 spiro atoms. The highest BCUT2D eigenvalue weighted by Crippen LogP contribution is 2.33. The van der Waals surface area contributed by atoms with E-state index in [1.54, 1.807) is 12.1 Å². The van der Waals surface area contributed by atoms with Crippen molar-refractivity contribution in [1.82, 2.24) is 0 Å². The highest BCUT2D eigenvalue weighted by atomic mass is 35.5. The number of hydrogen-bond acceptors (Lipinski definition) is 4. The molecule has 0 unspecified atom stereocenters. The van der Waals surface area contributed by atoms with Crippen molar-refractivity contribution in [2.45, 2.75) is 19.8 Å². The molecule has 1 aliphatic heterocycles. The van der Waals surface area contributed by atoms with Crippen LogP contribution in [0.25, 0.3) is 0 Å². The molecule has 0 aliphatic carbocycles. The lowest BCUT2D eigenvalue weighted by molar-refractivity contribution is -0.134. The van der Waals surface area contributed by atoms with Crippen LogP contribution in [-0.2, 0) is 11.2 Å². The third kappa shape index (κ3) is 3.34. The first kappa shape index (κ1) is 14.7. The van der Waals surface area contributed by atoms with Crippen LogP contribution >= 0.6 is 11.6 Å². The maximum Gasteiger partial charge on any atom is 0.311 e. The summed E-state index contributed by atoms with van der Waals surface area (Å²) in [4.78, 5) is 11.9. The Morgan fingerprint density at radius 2 is 2.00 bits per heavy atom. The van der Waals surface area contributed by atoms with Crippen LogP contribution in [0.3, 0.4) is 0 Å². The van der Waals surface area contributed by atoms with E-state index in [9.17, 15) is 4.79 Å². The van der Waals surface area contributed by atoms with Crippen molar-refractivity contribution in [3.05, 3.63) is 52.5 Å². The largest absolute Gasteiger partial charge is 0.454 e. The van der Waals surface area contributed by atoms with Gasteiger partial charge in [-0.05, 0) is 48.7 Å². The van der Waals surface area contributed by atoms with Crippen molar-refractivity contribution in [2.75, 3.05) is 6.79 Å². The van der Waals surface area contributed by atoms with E-state index in [1.165, 1.54) is 0 Å². The second-order valence-electron chi connectivity index (χ2n) is 5.10. The normalized spacial score (nSPS) is 12.3. The topological polar surface area (TPSA) is 44.8 Å². The van der Waals surface area contributed by atoms with Gasteiger partial charge in [0.05, 0.1) is 5.02 Å². The Morgan fingerprint density at radius 1 is 1.18 bits per heavy atom. The maximum atomic E-state index is 11.9. The minimum Gasteiger partial charge on any atom is -0.454 e. The van der Waals surface area contributed by atoms with E-state index in [1.807, 2.05) is 31.2 Å². The number of halogens is 1. The lowest BCUT2D eigenvalue weighted by Crippen LogP contribution is -2.09. The summed E-state index contributed by atoms with van der Waals surface area (Å²) >= 11 is 6.01. The molecule has 5 heteroatoms. The Balaban J connectivity index is 1.59. The van der Waals surface area contributed by atoms with Gasteiger partial charge in [0.2, 0.25) is 6.79 Å². The first-order valence-electron chi connectivity index (χ1n) is 6.97. The zero-order valence-electron chi connectivity index (χ0n) is 12.1. The Kier molecular flexibility index (Phi) is 4.20. The van der Waals surface area contributed by atoms with Gasteiger partial charge in [-0.2, -0.15) is 0 Å². The number of benzene rings is 2. The van der Waals surface area contributed by atoms with Gasteiger partial charge < -0.3 is 14.2 Å². The Labute approximate surface area is 133 Å². The van der Waals surface area contributed by atoms with Crippen LogP contribution in [0, 0.1) is 6.92 Å². The first-order valence-corrected chi connectivity index (χ1v) is 7.35. The SMILES string of the molecule is Cc1ccc(Cl)c(OC(=O)CCc2ccc3c(c2)OCO3)c1. The van der Waals surface area contributed by atoms with E-state index in [-0.39, 0.29) is 19.2 Å². The van der Waals surface area contributed by atoms with Crippen LogP contribution in [0.15, 0.2) is 36.4 Å². The quantitative estimate of drug-likeness (QED) is 0.633. The van der Waals surface area contributed by atoms with Gasteiger partial charge in [-0.25, -0.2) is 0 Å². The number of carbonyl (C=O) groups is 1. The highest BCUT2D eigenvalue weighted by molar-refractivity contribution is 6.32. The summed E-state index contributed by atoms with van der Waals surface area (Å²) in [5.41, 5.74) is 1.99. The predicted molar refractivity (Wildman–Crippen MR) is 82.7 cm³/mol. The maximum absolute atomic E-state index is 11.9. The molecule has 0 radical (unpaired) electrons. The third-order valence-corrected chi connectivity index (χ3v) is 3.68. The Morgan fingerprint density at radius 3 is 2.86 bits per heavy atom. The number of ether oxygens (including phenoxy) is 3. The fraction of sp³-hybridized carbons (Fsp3) is 0.235. The van der Waals surface area contributed by atoms with Gasteiger partial charge in [0, 0.05) is 6.42 Å². The summed E-state index contributed by atoms with van der Waals surface area (Å²) in [6, 6.07) is 11.0. The van der Waals surface area contributed by atoms with E-state index in [0.29, 0.717) is 22.9 Å². The lowest BCUT2D eigenvalue weighted by Gasteiger charge is -2.07. The molecule has 0 saturated carbocycles. The average Bonchev–Trinajstić information content (AvgIpc) is 2.96. The molecule has 22 heavy (non-hydrogen) atoms. The number of aryl methyl sites for hydroxylation is 2. The molecule has 0 bridgehead atoms. The van der Waals surface area contributed by atoms with Gasteiger partial charge in [0.25, 0.3) is 0 Å². The molecular weight excluding hydrogens is 304 g/mol. The summed E-state index contributed by atoms with van der Waals surface area (Å²) in [6.45, 7) is 2.16. The molecule has 0 atom stereocenters. The Bertz CT molecular complexity index is 712. The standard InChI is InChI=1S/C17H15ClO4/c1-11-2-5-13(18)15(8-11)22-17(19)7-4-12-3-6-14-16(9-12)21-10-20-14/h2-3,5-6,8-9H,4,7,10H2,1H3. The van der Waals surface area contributed by atoms with E-state index in [2.05, 4.69) is 0 Å². The summed E-state index contributed by atoms with van der Waals surface area (Å²) in [5.74, 6) is 1.54. The number of rotatable bonds is 4. The zero-order chi connectivity index (χ0) is 15.5. The van der Waals surface area contributed by atoms with Crippen LogP contribution in [0.5, 0.6) is 17.2 Å². The summed E-state index contributed by atoms with van der Waals surface area (Å²) < 4.78 is 15.9.